The molecule has 1 saturated carbocycles. The molecule has 1 aromatic carbocycles. The van der Waals surface area contributed by atoms with Gasteiger partial charge in [-0.1, -0.05) is 12.1 Å². The Morgan fingerprint density at radius 2 is 1.92 bits per heavy atom. The van der Waals surface area contributed by atoms with Crippen molar-refractivity contribution in [3.63, 3.8) is 0 Å². The Labute approximate surface area is 211 Å². The van der Waals surface area contributed by atoms with Crippen LogP contribution in [0.1, 0.15) is 62.4 Å². The van der Waals surface area contributed by atoms with Gasteiger partial charge in [0.25, 0.3) is 5.91 Å². The van der Waals surface area contributed by atoms with Gasteiger partial charge in [0.2, 0.25) is 5.91 Å². The van der Waals surface area contributed by atoms with E-state index in [1.165, 1.54) is 6.07 Å². The topological polar surface area (TPSA) is 85.8 Å². The molecular formula is C28H35FN4O3. The summed E-state index contributed by atoms with van der Waals surface area (Å²) in [6, 6.07) is 8.82. The van der Waals surface area contributed by atoms with Crippen molar-refractivity contribution in [2.24, 2.45) is 5.41 Å². The van der Waals surface area contributed by atoms with Gasteiger partial charge in [-0.05, 0) is 75.6 Å². The Bertz CT molecular complexity index is 1120. The summed E-state index contributed by atoms with van der Waals surface area (Å²) in [4.78, 5) is 33.8. The number of hydrogen-bond donors (Lipinski definition) is 2. The highest BCUT2D eigenvalue weighted by Crippen LogP contribution is 2.44. The molecule has 0 unspecified atom stereocenters. The highest BCUT2D eigenvalue weighted by atomic mass is 19.1. The Kier molecular flexibility index (Phi) is 6.97. The molecule has 192 valence electrons. The van der Waals surface area contributed by atoms with Gasteiger partial charge in [-0.3, -0.25) is 14.6 Å². The number of carbonyl (C=O) groups excluding carboxylic acids is 2. The molecule has 1 aromatic heterocycles. The van der Waals surface area contributed by atoms with E-state index in [9.17, 15) is 14.7 Å². The van der Waals surface area contributed by atoms with Gasteiger partial charge in [0.05, 0.1) is 17.2 Å². The average Bonchev–Trinajstić information content (AvgIpc) is 3.19. The van der Waals surface area contributed by atoms with E-state index in [0.717, 1.165) is 63.6 Å². The minimum atomic E-state index is -0.446. The zero-order chi connectivity index (χ0) is 25.3. The molecular weight excluding hydrogens is 459 g/mol. The maximum absolute atomic E-state index is 15.4. The number of carbonyl (C=O) groups is 2. The fourth-order valence-electron chi connectivity index (χ4n) is 6.17. The molecule has 3 aliphatic rings. The molecule has 2 aromatic rings. The second-order valence-electron chi connectivity index (χ2n) is 10.5. The van der Waals surface area contributed by atoms with Gasteiger partial charge >= 0.3 is 0 Å². The van der Waals surface area contributed by atoms with Crippen molar-refractivity contribution in [2.45, 2.75) is 64.0 Å². The van der Waals surface area contributed by atoms with E-state index in [1.54, 1.807) is 24.4 Å². The Hall–Kier alpha value is -3.00. The van der Waals surface area contributed by atoms with E-state index in [1.807, 2.05) is 22.8 Å². The third-order valence-electron chi connectivity index (χ3n) is 8.18. The number of benzene rings is 1. The Morgan fingerprint density at radius 3 is 2.61 bits per heavy atom. The molecule has 36 heavy (non-hydrogen) atoms. The van der Waals surface area contributed by atoms with E-state index >= 15 is 4.39 Å². The smallest absolute Gasteiger partial charge is 0.269 e. The number of likely N-dealkylation sites (tertiary alicyclic amines) is 1. The van der Waals surface area contributed by atoms with Crippen molar-refractivity contribution in [3.05, 3.63) is 48.0 Å². The number of piperidine rings is 1. The second-order valence-corrected chi connectivity index (χ2v) is 10.5. The minimum Gasteiger partial charge on any atom is -0.393 e. The van der Waals surface area contributed by atoms with Crippen LogP contribution in [-0.2, 0) is 4.79 Å². The summed E-state index contributed by atoms with van der Waals surface area (Å²) < 4.78 is 15.4. The number of anilines is 1. The lowest BCUT2D eigenvalue weighted by molar-refractivity contribution is -0.139. The van der Waals surface area contributed by atoms with Crippen LogP contribution in [0.4, 0.5) is 10.1 Å². The van der Waals surface area contributed by atoms with E-state index in [-0.39, 0.29) is 29.8 Å². The summed E-state index contributed by atoms with van der Waals surface area (Å²) in [5.74, 6) is -0.337. The molecule has 7 nitrogen and oxygen atoms in total. The van der Waals surface area contributed by atoms with Crippen LogP contribution in [0.5, 0.6) is 0 Å². The van der Waals surface area contributed by atoms with Gasteiger partial charge in [0.15, 0.2) is 0 Å². The summed E-state index contributed by atoms with van der Waals surface area (Å²) in [5.41, 5.74) is 1.84. The summed E-state index contributed by atoms with van der Waals surface area (Å²) in [7, 11) is 0. The molecule has 1 atom stereocenters. The Morgan fingerprint density at radius 1 is 1.14 bits per heavy atom. The van der Waals surface area contributed by atoms with Crippen LogP contribution in [0.3, 0.4) is 0 Å². The number of nitrogens with zero attached hydrogens (tertiary/aromatic N) is 3. The number of hydrogen-bond acceptors (Lipinski definition) is 5. The van der Waals surface area contributed by atoms with Crippen molar-refractivity contribution in [1.82, 2.24) is 15.2 Å². The largest absolute Gasteiger partial charge is 0.393 e. The lowest BCUT2D eigenvalue weighted by Gasteiger charge is -2.41. The van der Waals surface area contributed by atoms with Crippen LogP contribution in [0.25, 0.3) is 11.1 Å². The number of aliphatic hydroxyl groups excluding tert-OH is 1. The predicted octanol–water partition coefficient (Wildman–Crippen LogP) is 3.76. The third kappa shape index (κ3) is 4.71. The van der Waals surface area contributed by atoms with Gasteiger partial charge in [0, 0.05) is 44.0 Å². The van der Waals surface area contributed by atoms with Crippen molar-refractivity contribution in [1.29, 1.82) is 0 Å². The van der Waals surface area contributed by atoms with Crippen molar-refractivity contribution in [2.75, 3.05) is 31.1 Å². The van der Waals surface area contributed by atoms with Gasteiger partial charge in [-0.25, -0.2) is 4.39 Å². The first-order chi connectivity index (χ1) is 17.4. The molecule has 1 aliphatic carbocycles. The van der Waals surface area contributed by atoms with Crippen LogP contribution in [0, 0.1) is 11.2 Å². The summed E-state index contributed by atoms with van der Waals surface area (Å²) in [5, 5.41) is 12.6. The number of amides is 2. The Balaban J connectivity index is 1.29. The number of aromatic nitrogens is 1. The second kappa shape index (κ2) is 10.2. The standard InChI is InChI=1S/C28H35FN4O3/c1-2-30-26(35)24-10-4-20(17-31-24)19-5-11-25(23(29)16-19)32-14-3-12-28(18-32)13-15-33(27(28)36)21-6-8-22(34)9-7-21/h4-5,10-11,16-17,21-22,34H,2-3,6-9,12-15,18H2,1H3,(H,30,35)/t21-,22+,28-/m0/s1. The normalized spacial score (nSPS) is 26.5. The summed E-state index contributed by atoms with van der Waals surface area (Å²) >= 11 is 0. The lowest BCUT2D eigenvalue weighted by atomic mass is 9.78. The summed E-state index contributed by atoms with van der Waals surface area (Å²) in [6.07, 6.45) is 7.11. The highest BCUT2D eigenvalue weighted by Gasteiger charge is 2.50. The van der Waals surface area contributed by atoms with Gasteiger partial charge < -0.3 is 20.2 Å². The highest BCUT2D eigenvalue weighted by molar-refractivity contribution is 5.92. The molecule has 0 bridgehead atoms. The van der Waals surface area contributed by atoms with E-state index in [2.05, 4.69) is 10.3 Å². The van der Waals surface area contributed by atoms with Gasteiger partial charge in [-0.2, -0.15) is 0 Å². The molecule has 0 radical (unpaired) electrons. The molecule has 2 aliphatic heterocycles. The maximum atomic E-state index is 15.4. The number of aliphatic hydroxyl groups is 1. The number of halogens is 1. The van der Waals surface area contributed by atoms with Crippen LogP contribution >= 0.6 is 0 Å². The first-order valence-electron chi connectivity index (χ1n) is 13.2. The number of rotatable bonds is 5. The molecule has 3 fully saturated rings. The van der Waals surface area contributed by atoms with Gasteiger partial charge in [0.1, 0.15) is 11.5 Å². The van der Waals surface area contributed by atoms with Crippen molar-refractivity contribution < 1.29 is 19.1 Å². The molecule has 2 N–H and O–H groups in total. The monoisotopic (exact) mass is 494 g/mol. The predicted molar refractivity (Wildman–Crippen MR) is 136 cm³/mol. The molecule has 5 rings (SSSR count). The van der Waals surface area contributed by atoms with E-state index in [0.29, 0.717) is 30.0 Å². The molecule has 8 heteroatoms. The van der Waals surface area contributed by atoms with Crippen molar-refractivity contribution >= 4 is 17.5 Å². The van der Waals surface area contributed by atoms with Gasteiger partial charge in [-0.15, -0.1) is 0 Å². The zero-order valence-corrected chi connectivity index (χ0v) is 20.9. The van der Waals surface area contributed by atoms with Crippen LogP contribution in [0.2, 0.25) is 0 Å². The average molecular weight is 495 g/mol. The third-order valence-corrected chi connectivity index (χ3v) is 8.18. The summed E-state index contributed by atoms with van der Waals surface area (Å²) in [6.45, 7) is 4.40. The molecule has 2 saturated heterocycles. The zero-order valence-electron chi connectivity index (χ0n) is 20.9. The number of nitrogens with one attached hydrogen (secondary N) is 1. The minimum absolute atomic E-state index is 0.212. The first-order valence-corrected chi connectivity index (χ1v) is 13.2. The molecule has 2 amide bonds. The SMILES string of the molecule is CCNC(=O)c1ccc(-c2ccc(N3CCC[C@]4(CCN([C@H]5CC[C@@H](O)CC5)C4=O)C3)c(F)c2)cn1. The van der Waals surface area contributed by atoms with Crippen LogP contribution < -0.4 is 10.2 Å². The first kappa shape index (κ1) is 24.7. The van der Waals surface area contributed by atoms with E-state index in [4.69, 9.17) is 0 Å². The quantitative estimate of drug-likeness (QED) is 0.661. The van der Waals surface area contributed by atoms with Crippen LogP contribution in [0.15, 0.2) is 36.5 Å². The molecule has 1 spiro atoms. The van der Waals surface area contributed by atoms with E-state index < -0.39 is 5.41 Å². The fraction of sp³-hybridized carbons (Fsp3) is 0.536. The van der Waals surface area contributed by atoms with Crippen molar-refractivity contribution in [3.8, 4) is 11.1 Å². The lowest BCUT2D eigenvalue weighted by Crippen LogP contribution is -2.50. The molecule has 3 heterocycles. The fourth-order valence-corrected chi connectivity index (χ4v) is 6.17. The maximum Gasteiger partial charge on any atom is 0.269 e. The van der Waals surface area contributed by atoms with Crippen LogP contribution in [-0.4, -0.2) is 65.1 Å². The number of pyridine rings is 1.